The van der Waals surface area contributed by atoms with Gasteiger partial charge in [-0.05, 0) is 36.7 Å². The Morgan fingerprint density at radius 3 is 3.10 bits per heavy atom. The van der Waals surface area contributed by atoms with E-state index in [2.05, 4.69) is 23.0 Å². The Balaban J connectivity index is 1.90. The van der Waals surface area contributed by atoms with Crippen LogP contribution in [0.3, 0.4) is 0 Å². The molecule has 0 amide bonds. The molecule has 5 heteroatoms. The largest absolute Gasteiger partial charge is 0.492 e. The number of fused-ring (bicyclic) bond motifs is 1. The highest BCUT2D eigenvalue weighted by Gasteiger charge is 2.12. The molecule has 1 aliphatic heterocycles. The topological polar surface area (TPSA) is 50.8 Å². The van der Waals surface area contributed by atoms with Gasteiger partial charge in [0, 0.05) is 18.7 Å². The van der Waals surface area contributed by atoms with Gasteiger partial charge in [-0.3, -0.25) is 4.90 Å². The van der Waals surface area contributed by atoms with Crippen LogP contribution in [0.15, 0.2) is 40.7 Å². The summed E-state index contributed by atoms with van der Waals surface area (Å²) in [7, 11) is 2.09. The van der Waals surface area contributed by atoms with Crippen molar-refractivity contribution in [2.75, 3.05) is 20.2 Å². The second-order valence-electron chi connectivity index (χ2n) is 4.85. The van der Waals surface area contributed by atoms with Gasteiger partial charge < -0.3 is 10.5 Å². The predicted molar refractivity (Wildman–Crippen MR) is 83.0 cm³/mol. The van der Waals surface area contributed by atoms with Crippen LogP contribution >= 0.6 is 11.3 Å². The molecule has 3 rings (SSSR count). The monoisotopic (exact) mass is 287 g/mol. The van der Waals surface area contributed by atoms with Crippen LogP contribution in [0, 0.1) is 0 Å². The van der Waals surface area contributed by atoms with Crippen molar-refractivity contribution in [1.29, 1.82) is 0 Å². The normalized spacial score (nSPS) is 16.4. The molecule has 1 aromatic heterocycles. The van der Waals surface area contributed by atoms with E-state index in [1.807, 2.05) is 29.6 Å². The zero-order valence-corrected chi connectivity index (χ0v) is 12.2. The van der Waals surface area contributed by atoms with Gasteiger partial charge >= 0.3 is 0 Å². The molecule has 0 saturated carbocycles. The maximum Gasteiger partial charge on any atom is 0.141 e. The van der Waals surface area contributed by atoms with E-state index in [4.69, 9.17) is 10.5 Å². The molecular formula is C15H17N3OS. The Bertz CT molecular complexity index is 622. The van der Waals surface area contributed by atoms with E-state index >= 15 is 0 Å². The first-order valence-electron chi connectivity index (χ1n) is 6.55. The van der Waals surface area contributed by atoms with Gasteiger partial charge in [-0.25, -0.2) is 4.99 Å². The maximum absolute atomic E-state index is 6.02. The lowest BCUT2D eigenvalue weighted by Crippen LogP contribution is -2.20. The Labute approximate surface area is 122 Å². The number of ether oxygens (including phenoxy) is 1. The third-order valence-corrected chi connectivity index (χ3v) is 4.13. The third kappa shape index (κ3) is 2.84. The second-order valence-corrected chi connectivity index (χ2v) is 5.80. The van der Waals surface area contributed by atoms with Gasteiger partial charge in [-0.15, -0.1) is 11.3 Å². The maximum atomic E-state index is 6.02. The minimum atomic E-state index is 0.558. The van der Waals surface area contributed by atoms with E-state index in [0.29, 0.717) is 5.84 Å². The summed E-state index contributed by atoms with van der Waals surface area (Å²) in [6.07, 6.45) is 0. The lowest BCUT2D eigenvalue weighted by atomic mass is 10.1. The summed E-state index contributed by atoms with van der Waals surface area (Å²) < 4.78 is 5.73. The predicted octanol–water partition coefficient (Wildman–Crippen LogP) is 2.61. The number of rotatable bonds is 2. The first-order valence-corrected chi connectivity index (χ1v) is 7.42. The highest BCUT2D eigenvalue weighted by molar-refractivity contribution is 7.12. The van der Waals surface area contributed by atoms with Crippen LogP contribution in [-0.4, -0.2) is 30.9 Å². The van der Waals surface area contributed by atoms with Gasteiger partial charge in [0.2, 0.25) is 0 Å². The van der Waals surface area contributed by atoms with Crippen molar-refractivity contribution >= 4 is 22.9 Å². The summed E-state index contributed by atoms with van der Waals surface area (Å²) in [6, 6.07) is 9.93. The fourth-order valence-electron chi connectivity index (χ4n) is 2.20. The summed E-state index contributed by atoms with van der Waals surface area (Å²) in [5, 5.41) is 2.00. The zero-order chi connectivity index (χ0) is 13.9. The Kier molecular flexibility index (Phi) is 3.71. The van der Waals surface area contributed by atoms with E-state index in [0.717, 1.165) is 41.6 Å². The van der Waals surface area contributed by atoms with Crippen LogP contribution in [0.4, 0.5) is 5.69 Å². The summed E-state index contributed by atoms with van der Waals surface area (Å²) in [4.78, 5) is 7.73. The highest BCUT2D eigenvalue weighted by Crippen LogP contribution is 2.27. The first kappa shape index (κ1) is 13.1. The summed E-state index contributed by atoms with van der Waals surface area (Å²) in [6.45, 7) is 2.53. The Morgan fingerprint density at radius 2 is 2.30 bits per heavy atom. The number of amidine groups is 1. The Morgan fingerprint density at radius 1 is 1.40 bits per heavy atom. The van der Waals surface area contributed by atoms with E-state index in [1.165, 1.54) is 0 Å². The fourth-order valence-corrected chi connectivity index (χ4v) is 2.83. The number of likely N-dealkylation sites (N-methyl/N-ethyl adjacent to an activating group) is 1. The van der Waals surface area contributed by atoms with Crippen molar-refractivity contribution in [3.05, 3.63) is 46.2 Å². The molecule has 0 spiro atoms. The number of hydrogen-bond donors (Lipinski definition) is 1. The van der Waals surface area contributed by atoms with Crippen molar-refractivity contribution in [3.8, 4) is 5.75 Å². The molecule has 0 saturated heterocycles. The number of nitrogens with zero attached hydrogens (tertiary/aromatic N) is 2. The molecule has 0 fully saturated rings. The molecule has 0 atom stereocenters. The van der Waals surface area contributed by atoms with E-state index in [1.54, 1.807) is 11.3 Å². The van der Waals surface area contributed by atoms with Gasteiger partial charge in [0.05, 0.1) is 10.6 Å². The van der Waals surface area contributed by atoms with Gasteiger partial charge in [-0.2, -0.15) is 0 Å². The van der Waals surface area contributed by atoms with Gasteiger partial charge in [0.15, 0.2) is 0 Å². The first-order chi connectivity index (χ1) is 9.72. The fraction of sp³-hybridized carbons (Fsp3) is 0.267. The van der Waals surface area contributed by atoms with Crippen molar-refractivity contribution in [3.63, 3.8) is 0 Å². The molecule has 0 unspecified atom stereocenters. The molecule has 0 radical (unpaired) electrons. The number of benzene rings is 1. The minimum absolute atomic E-state index is 0.558. The van der Waals surface area contributed by atoms with E-state index in [9.17, 15) is 0 Å². The van der Waals surface area contributed by atoms with Crippen LogP contribution in [-0.2, 0) is 6.54 Å². The number of hydrogen-bond acceptors (Lipinski definition) is 4. The van der Waals surface area contributed by atoms with Crippen LogP contribution in [0.1, 0.15) is 10.4 Å². The van der Waals surface area contributed by atoms with Crippen LogP contribution < -0.4 is 10.5 Å². The number of nitrogens with two attached hydrogens (primary N) is 1. The average molecular weight is 287 g/mol. The van der Waals surface area contributed by atoms with E-state index < -0.39 is 0 Å². The van der Waals surface area contributed by atoms with Crippen molar-refractivity contribution in [2.24, 2.45) is 10.7 Å². The lowest BCUT2D eigenvalue weighted by molar-refractivity contribution is 0.259. The lowest BCUT2D eigenvalue weighted by Gasteiger charge is -2.11. The molecule has 4 nitrogen and oxygen atoms in total. The van der Waals surface area contributed by atoms with Crippen molar-refractivity contribution in [2.45, 2.75) is 6.54 Å². The van der Waals surface area contributed by atoms with Crippen molar-refractivity contribution < 1.29 is 4.74 Å². The number of aliphatic imine (C=N–C) groups is 1. The van der Waals surface area contributed by atoms with Crippen LogP contribution in [0.5, 0.6) is 5.75 Å². The summed E-state index contributed by atoms with van der Waals surface area (Å²) >= 11 is 1.59. The second kappa shape index (κ2) is 5.64. The zero-order valence-electron chi connectivity index (χ0n) is 11.4. The molecule has 2 heterocycles. The quantitative estimate of drug-likeness (QED) is 0.682. The van der Waals surface area contributed by atoms with Crippen LogP contribution in [0.25, 0.3) is 0 Å². The SMILES string of the molecule is CN1CCOc2ccc(N=C(N)c3cccs3)cc2C1. The molecule has 1 aromatic carbocycles. The van der Waals surface area contributed by atoms with Crippen LogP contribution in [0.2, 0.25) is 0 Å². The van der Waals surface area contributed by atoms with E-state index in [-0.39, 0.29) is 0 Å². The average Bonchev–Trinajstić information content (AvgIpc) is 2.89. The molecule has 0 aliphatic carbocycles. The highest BCUT2D eigenvalue weighted by atomic mass is 32.1. The smallest absolute Gasteiger partial charge is 0.141 e. The molecule has 104 valence electrons. The summed E-state index contributed by atoms with van der Waals surface area (Å²) in [5.41, 5.74) is 8.05. The molecule has 0 bridgehead atoms. The van der Waals surface area contributed by atoms with Gasteiger partial charge in [0.1, 0.15) is 18.2 Å². The molecular weight excluding hydrogens is 270 g/mol. The number of thiophene rings is 1. The van der Waals surface area contributed by atoms with Crippen molar-refractivity contribution in [1.82, 2.24) is 4.90 Å². The van der Waals surface area contributed by atoms with Gasteiger partial charge in [-0.1, -0.05) is 6.07 Å². The minimum Gasteiger partial charge on any atom is -0.492 e. The molecule has 20 heavy (non-hydrogen) atoms. The molecule has 1 aliphatic rings. The molecule has 2 aromatic rings. The molecule has 2 N–H and O–H groups in total. The Hall–Kier alpha value is -1.85. The third-order valence-electron chi connectivity index (χ3n) is 3.24. The summed E-state index contributed by atoms with van der Waals surface area (Å²) in [5.74, 6) is 1.51. The van der Waals surface area contributed by atoms with Gasteiger partial charge in [0.25, 0.3) is 0 Å². The standard InChI is InChI=1S/C15H17N3OS/c1-18-6-7-19-13-5-4-12(9-11(13)10-18)17-15(16)14-3-2-8-20-14/h2-5,8-9H,6-7,10H2,1H3,(H2,16,17).